The molecule has 0 aliphatic rings. The van der Waals surface area contributed by atoms with Crippen LogP contribution >= 0.6 is 0 Å². The van der Waals surface area contributed by atoms with Gasteiger partial charge in [-0.1, -0.05) is 49.7 Å². The minimum atomic E-state index is -0.431. The second kappa shape index (κ2) is 8.80. The first kappa shape index (κ1) is 19.8. The number of aryl methyl sites for hydroxylation is 1. The standard InChI is InChI=1S/C22H26N4O2/c1-4-25(5-2)14-15-26-19-9-7-6-8-18(19)20(22(26)28)23-24-21(27)17-12-10-16(3)11-13-17/h6-13,28H,4-5,14-15H2,1-3H3. The van der Waals surface area contributed by atoms with Crippen LogP contribution in [0.4, 0.5) is 5.69 Å². The number of carbonyl (C=O) groups excluding carboxylic acids is 1. The fourth-order valence-corrected chi connectivity index (χ4v) is 3.23. The van der Waals surface area contributed by atoms with Crippen LogP contribution in [0.5, 0.6) is 5.88 Å². The fraction of sp³-hybridized carbons (Fsp3) is 0.318. The fourth-order valence-electron chi connectivity index (χ4n) is 3.23. The molecule has 0 fully saturated rings. The van der Waals surface area contributed by atoms with Crippen molar-refractivity contribution in [3.05, 3.63) is 59.7 Å². The Balaban J connectivity index is 1.91. The lowest BCUT2D eigenvalue weighted by Crippen LogP contribution is -2.26. The van der Waals surface area contributed by atoms with Gasteiger partial charge in [0.2, 0.25) is 5.88 Å². The molecule has 3 rings (SSSR count). The monoisotopic (exact) mass is 378 g/mol. The average molecular weight is 378 g/mol. The zero-order valence-electron chi connectivity index (χ0n) is 16.6. The number of nitrogens with zero attached hydrogens (tertiary/aromatic N) is 4. The number of para-hydroxylation sites is 1. The summed E-state index contributed by atoms with van der Waals surface area (Å²) in [5.74, 6) is -0.395. The molecule has 0 saturated heterocycles. The zero-order chi connectivity index (χ0) is 20.1. The normalized spacial score (nSPS) is 11.7. The van der Waals surface area contributed by atoms with E-state index in [1.54, 1.807) is 12.1 Å². The average Bonchev–Trinajstić information content (AvgIpc) is 2.98. The molecule has 0 spiro atoms. The third-order valence-corrected chi connectivity index (χ3v) is 4.99. The number of aromatic hydroxyl groups is 1. The van der Waals surface area contributed by atoms with Crippen molar-refractivity contribution in [2.45, 2.75) is 27.3 Å². The van der Waals surface area contributed by atoms with Crippen molar-refractivity contribution in [1.29, 1.82) is 0 Å². The maximum absolute atomic E-state index is 12.3. The third kappa shape index (κ3) is 4.12. The van der Waals surface area contributed by atoms with Crippen molar-refractivity contribution < 1.29 is 9.90 Å². The predicted octanol–water partition coefficient (Wildman–Crippen LogP) is 4.92. The van der Waals surface area contributed by atoms with E-state index in [0.717, 1.165) is 36.1 Å². The summed E-state index contributed by atoms with van der Waals surface area (Å²) in [6.07, 6.45) is 0. The molecule has 1 aromatic heterocycles. The van der Waals surface area contributed by atoms with Gasteiger partial charge in [0.15, 0.2) is 5.69 Å². The van der Waals surface area contributed by atoms with Crippen LogP contribution in [-0.4, -0.2) is 40.1 Å². The molecule has 2 aromatic carbocycles. The van der Waals surface area contributed by atoms with Crippen molar-refractivity contribution in [3.8, 4) is 5.88 Å². The van der Waals surface area contributed by atoms with Crippen LogP contribution < -0.4 is 0 Å². The van der Waals surface area contributed by atoms with Crippen LogP contribution in [0.3, 0.4) is 0 Å². The molecule has 0 aliphatic heterocycles. The molecule has 1 amide bonds. The van der Waals surface area contributed by atoms with E-state index in [2.05, 4.69) is 29.0 Å². The van der Waals surface area contributed by atoms with Gasteiger partial charge in [0.05, 0.1) is 5.52 Å². The Morgan fingerprint density at radius 3 is 2.43 bits per heavy atom. The molecule has 146 valence electrons. The minimum absolute atomic E-state index is 0.0359. The zero-order valence-corrected chi connectivity index (χ0v) is 16.6. The van der Waals surface area contributed by atoms with E-state index in [-0.39, 0.29) is 5.88 Å². The van der Waals surface area contributed by atoms with Crippen LogP contribution in [0.1, 0.15) is 29.8 Å². The Labute approximate surface area is 165 Å². The lowest BCUT2D eigenvalue weighted by atomic mass is 10.1. The smallest absolute Gasteiger partial charge is 0.295 e. The molecule has 0 saturated carbocycles. The number of aromatic nitrogens is 1. The molecule has 0 atom stereocenters. The maximum atomic E-state index is 12.3. The SMILES string of the molecule is CCN(CC)CCn1c(O)c(N=NC(=O)c2ccc(C)cc2)c2ccccc21. The largest absolute Gasteiger partial charge is 0.493 e. The molecule has 0 unspecified atom stereocenters. The molecule has 0 bridgehead atoms. The van der Waals surface area contributed by atoms with E-state index in [1.165, 1.54) is 0 Å². The van der Waals surface area contributed by atoms with E-state index < -0.39 is 5.91 Å². The van der Waals surface area contributed by atoms with Gasteiger partial charge >= 0.3 is 0 Å². The molecule has 6 heteroatoms. The summed E-state index contributed by atoms with van der Waals surface area (Å²) < 4.78 is 1.83. The molecule has 1 heterocycles. The van der Waals surface area contributed by atoms with Crippen LogP contribution in [-0.2, 0) is 6.54 Å². The highest BCUT2D eigenvalue weighted by Crippen LogP contribution is 2.38. The highest BCUT2D eigenvalue weighted by Gasteiger charge is 2.17. The summed E-state index contributed by atoms with van der Waals surface area (Å²) in [5.41, 5.74) is 2.75. The summed E-state index contributed by atoms with van der Waals surface area (Å²) >= 11 is 0. The van der Waals surface area contributed by atoms with E-state index in [9.17, 15) is 9.90 Å². The van der Waals surface area contributed by atoms with Gasteiger partial charge < -0.3 is 14.6 Å². The van der Waals surface area contributed by atoms with Gasteiger partial charge in [0.1, 0.15) is 0 Å². The topological polar surface area (TPSA) is 70.2 Å². The molecule has 28 heavy (non-hydrogen) atoms. The lowest BCUT2D eigenvalue weighted by Gasteiger charge is -2.18. The van der Waals surface area contributed by atoms with E-state index in [0.29, 0.717) is 17.8 Å². The van der Waals surface area contributed by atoms with Crippen LogP contribution in [0.15, 0.2) is 58.8 Å². The van der Waals surface area contributed by atoms with Gasteiger partial charge in [-0.05, 0) is 38.2 Å². The molecule has 6 nitrogen and oxygen atoms in total. The van der Waals surface area contributed by atoms with E-state index in [4.69, 9.17) is 0 Å². The van der Waals surface area contributed by atoms with Gasteiger partial charge in [-0.15, -0.1) is 10.2 Å². The molecule has 3 aromatic rings. The maximum Gasteiger partial charge on any atom is 0.295 e. The van der Waals surface area contributed by atoms with Crippen LogP contribution in [0.25, 0.3) is 10.9 Å². The van der Waals surface area contributed by atoms with E-state index >= 15 is 0 Å². The predicted molar refractivity (Wildman–Crippen MR) is 111 cm³/mol. The van der Waals surface area contributed by atoms with Crippen molar-refractivity contribution in [2.24, 2.45) is 10.2 Å². The Morgan fingerprint density at radius 1 is 1.07 bits per heavy atom. The molecule has 1 N–H and O–H groups in total. The Bertz CT molecular complexity index is 986. The molecular formula is C22H26N4O2. The number of benzene rings is 2. The third-order valence-electron chi connectivity index (χ3n) is 4.99. The van der Waals surface area contributed by atoms with Gasteiger partial charge in [0.25, 0.3) is 5.91 Å². The number of rotatable bonds is 7. The molecule has 0 aliphatic carbocycles. The first-order valence-electron chi connectivity index (χ1n) is 9.60. The van der Waals surface area contributed by atoms with Gasteiger partial charge in [0, 0.05) is 24.0 Å². The van der Waals surface area contributed by atoms with Crippen molar-refractivity contribution in [1.82, 2.24) is 9.47 Å². The first-order valence-corrected chi connectivity index (χ1v) is 9.60. The summed E-state index contributed by atoms with van der Waals surface area (Å²) in [4.78, 5) is 14.6. The summed E-state index contributed by atoms with van der Waals surface area (Å²) in [6.45, 7) is 9.55. The number of hydrogen-bond acceptors (Lipinski definition) is 4. The highest BCUT2D eigenvalue weighted by atomic mass is 16.3. The Morgan fingerprint density at radius 2 is 1.75 bits per heavy atom. The van der Waals surface area contributed by atoms with Gasteiger partial charge in [-0.2, -0.15) is 0 Å². The van der Waals surface area contributed by atoms with E-state index in [1.807, 2.05) is 47.9 Å². The van der Waals surface area contributed by atoms with Crippen LogP contribution in [0, 0.1) is 6.92 Å². The second-order valence-electron chi connectivity index (χ2n) is 6.74. The van der Waals surface area contributed by atoms with Crippen molar-refractivity contribution >= 4 is 22.5 Å². The lowest BCUT2D eigenvalue weighted by molar-refractivity contribution is 0.0995. The number of carbonyl (C=O) groups is 1. The minimum Gasteiger partial charge on any atom is -0.493 e. The molecular weight excluding hydrogens is 352 g/mol. The number of amides is 1. The quantitative estimate of drug-likeness (QED) is 0.593. The van der Waals surface area contributed by atoms with Crippen molar-refractivity contribution in [3.63, 3.8) is 0 Å². The summed E-state index contributed by atoms with van der Waals surface area (Å²) in [5, 5.41) is 19.5. The Kier molecular flexibility index (Phi) is 6.21. The van der Waals surface area contributed by atoms with Crippen molar-refractivity contribution in [2.75, 3.05) is 19.6 Å². The number of hydrogen-bond donors (Lipinski definition) is 1. The van der Waals surface area contributed by atoms with Gasteiger partial charge in [-0.25, -0.2) is 0 Å². The number of fused-ring (bicyclic) bond motifs is 1. The van der Waals surface area contributed by atoms with Crippen LogP contribution in [0.2, 0.25) is 0 Å². The Hall–Kier alpha value is -2.99. The highest BCUT2D eigenvalue weighted by molar-refractivity contribution is 5.97. The number of likely N-dealkylation sites (N-methyl/N-ethyl adjacent to an activating group) is 1. The van der Waals surface area contributed by atoms with Gasteiger partial charge in [-0.3, -0.25) is 4.79 Å². The summed E-state index contributed by atoms with van der Waals surface area (Å²) in [7, 11) is 0. The second-order valence-corrected chi connectivity index (χ2v) is 6.74. The molecule has 0 radical (unpaired) electrons. The first-order chi connectivity index (χ1) is 13.5. The number of azo groups is 1. The summed E-state index contributed by atoms with van der Waals surface area (Å²) in [6, 6.07) is 14.8.